The molecule has 0 saturated carbocycles. The number of rotatable bonds is 5. The lowest BCUT2D eigenvalue weighted by atomic mass is 10.2. The summed E-state index contributed by atoms with van der Waals surface area (Å²) in [6, 6.07) is 9.66. The van der Waals surface area contributed by atoms with Crippen molar-refractivity contribution < 1.29 is 4.79 Å². The van der Waals surface area contributed by atoms with Crippen molar-refractivity contribution in [2.45, 2.75) is 19.8 Å². The lowest BCUT2D eigenvalue weighted by Gasteiger charge is -2.21. The Morgan fingerprint density at radius 2 is 2.00 bits per heavy atom. The quantitative estimate of drug-likeness (QED) is 0.798. The molecule has 1 rings (SSSR count). The molecule has 3 nitrogen and oxygen atoms in total. The van der Waals surface area contributed by atoms with Gasteiger partial charge in [-0.25, -0.2) is 0 Å². The molecule has 0 aliphatic heterocycles. The van der Waals surface area contributed by atoms with Gasteiger partial charge in [-0.05, 0) is 18.6 Å². The van der Waals surface area contributed by atoms with Crippen LogP contribution in [0.1, 0.15) is 19.8 Å². The molecule has 0 saturated heterocycles. The largest absolute Gasteiger partial charge is 0.322 e. The Kier molecular flexibility index (Phi) is 4.84. The van der Waals surface area contributed by atoms with Gasteiger partial charge in [-0.2, -0.15) is 0 Å². The van der Waals surface area contributed by atoms with Crippen LogP contribution in [-0.2, 0) is 4.79 Å². The van der Waals surface area contributed by atoms with Gasteiger partial charge in [0.05, 0.1) is 6.54 Å². The fourth-order valence-electron chi connectivity index (χ4n) is 1.43. The first kappa shape index (κ1) is 11.7. The van der Waals surface area contributed by atoms with Crippen LogP contribution >= 0.6 is 0 Å². The van der Waals surface area contributed by atoms with Crippen LogP contribution in [0, 0.1) is 0 Å². The van der Waals surface area contributed by atoms with Crippen LogP contribution in [0.3, 0.4) is 0 Å². The zero-order valence-electron chi connectivity index (χ0n) is 9.15. The minimum absolute atomic E-state index is 0.0188. The van der Waals surface area contributed by atoms with E-state index in [0.717, 1.165) is 25.1 Å². The van der Waals surface area contributed by atoms with Crippen molar-refractivity contribution in [2.24, 2.45) is 5.73 Å². The predicted molar refractivity (Wildman–Crippen MR) is 62.8 cm³/mol. The molecule has 1 amide bonds. The third-order valence-corrected chi connectivity index (χ3v) is 2.28. The first-order chi connectivity index (χ1) is 7.29. The Labute approximate surface area is 90.9 Å². The summed E-state index contributed by atoms with van der Waals surface area (Å²) in [7, 11) is 0. The summed E-state index contributed by atoms with van der Waals surface area (Å²) in [5.74, 6) is -0.0188. The summed E-state index contributed by atoms with van der Waals surface area (Å²) in [4.78, 5) is 13.4. The second-order valence-corrected chi connectivity index (χ2v) is 3.44. The molecule has 0 aromatic heterocycles. The molecule has 2 N–H and O–H groups in total. The number of para-hydroxylation sites is 1. The molecular weight excluding hydrogens is 188 g/mol. The average Bonchev–Trinajstić information content (AvgIpc) is 2.30. The van der Waals surface area contributed by atoms with E-state index in [-0.39, 0.29) is 12.5 Å². The van der Waals surface area contributed by atoms with E-state index in [9.17, 15) is 4.79 Å². The normalized spacial score (nSPS) is 10.0. The number of anilines is 1. The molecule has 0 fully saturated rings. The number of amides is 1. The third kappa shape index (κ3) is 3.36. The highest BCUT2D eigenvalue weighted by Gasteiger charge is 2.12. The van der Waals surface area contributed by atoms with Gasteiger partial charge in [-0.15, -0.1) is 0 Å². The molecule has 0 aliphatic carbocycles. The van der Waals surface area contributed by atoms with Gasteiger partial charge in [0.2, 0.25) is 5.91 Å². The molecule has 0 bridgehead atoms. The molecule has 3 heteroatoms. The highest BCUT2D eigenvalue weighted by atomic mass is 16.2. The maximum absolute atomic E-state index is 11.6. The van der Waals surface area contributed by atoms with Gasteiger partial charge in [0, 0.05) is 12.2 Å². The Morgan fingerprint density at radius 1 is 1.33 bits per heavy atom. The highest BCUT2D eigenvalue weighted by molar-refractivity contribution is 5.94. The van der Waals surface area contributed by atoms with E-state index in [2.05, 4.69) is 6.92 Å². The Morgan fingerprint density at radius 3 is 2.53 bits per heavy atom. The molecule has 0 aliphatic rings. The molecule has 0 atom stereocenters. The van der Waals surface area contributed by atoms with Gasteiger partial charge >= 0.3 is 0 Å². The van der Waals surface area contributed by atoms with E-state index in [1.807, 2.05) is 30.3 Å². The first-order valence-electron chi connectivity index (χ1n) is 5.35. The SMILES string of the molecule is CCCCN(C(=O)CN)c1ccccc1. The van der Waals surface area contributed by atoms with Crippen LogP contribution in [0.2, 0.25) is 0 Å². The van der Waals surface area contributed by atoms with E-state index in [0.29, 0.717) is 0 Å². The summed E-state index contributed by atoms with van der Waals surface area (Å²) in [6.45, 7) is 2.92. The van der Waals surface area contributed by atoms with Crippen molar-refractivity contribution in [3.63, 3.8) is 0 Å². The van der Waals surface area contributed by atoms with Crippen molar-refractivity contribution in [3.05, 3.63) is 30.3 Å². The first-order valence-corrected chi connectivity index (χ1v) is 5.35. The van der Waals surface area contributed by atoms with Crippen molar-refractivity contribution in [1.29, 1.82) is 0 Å². The summed E-state index contributed by atoms with van der Waals surface area (Å²) < 4.78 is 0. The molecule has 1 aromatic carbocycles. The Hall–Kier alpha value is -1.35. The maximum Gasteiger partial charge on any atom is 0.240 e. The predicted octanol–water partition coefficient (Wildman–Crippen LogP) is 1.78. The number of nitrogens with zero attached hydrogens (tertiary/aromatic N) is 1. The topological polar surface area (TPSA) is 46.3 Å². The van der Waals surface area contributed by atoms with Crippen LogP contribution in [-0.4, -0.2) is 19.0 Å². The van der Waals surface area contributed by atoms with Crippen LogP contribution < -0.4 is 10.6 Å². The molecular formula is C12H18N2O. The Balaban J connectivity index is 2.76. The van der Waals surface area contributed by atoms with Crippen LogP contribution in [0.4, 0.5) is 5.69 Å². The Bertz CT molecular complexity index is 298. The number of nitrogens with two attached hydrogens (primary N) is 1. The van der Waals surface area contributed by atoms with E-state index in [1.165, 1.54) is 0 Å². The monoisotopic (exact) mass is 206 g/mol. The van der Waals surface area contributed by atoms with Gasteiger partial charge in [0.25, 0.3) is 0 Å². The fourth-order valence-corrected chi connectivity index (χ4v) is 1.43. The summed E-state index contributed by atoms with van der Waals surface area (Å²) in [5, 5.41) is 0. The van der Waals surface area contributed by atoms with Gasteiger partial charge in [0.1, 0.15) is 0 Å². The molecule has 82 valence electrons. The molecule has 0 heterocycles. The van der Waals surface area contributed by atoms with Gasteiger partial charge in [-0.3, -0.25) is 4.79 Å². The number of hydrogen-bond acceptors (Lipinski definition) is 2. The second-order valence-electron chi connectivity index (χ2n) is 3.44. The number of hydrogen-bond donors (Lipinski definition) is 1. The van der Waals surface area contributed by atoms with Gasteiger partial charge in [-0.1, -0.05) is 31.5 Å². The van der Waals surface area contributed by atoms with Crippen molar-refractivity contribution in [3.8, 4) is 0 Å². The average molecular weight is 206 g/mol. The maximum atomic E-state index is 11.6. The summed E-state index contributed by atoms with van der Waals surface area (Å²) >= 11 is 0. The highest BCUT2D eigenvalue weighted by Crippen LogP contribution is 2.13. The van der Waals surface area contributed by atoms with Crippen molar-refractivity contribution >= 4 is 11.6 Å². The number of unbranched alkanes of at least 4 members (excludes halogenated alkanes) is 1. The summed E-state index contributed by atoms with van der Waals surface area (Å²) in [6.07, 6.45) is 2.07. The standard InChI is InChI=1S/C12H18N2O/c1-2-3-9-14(12(15)10-13)11-7-5-4-6-8-11/h4-8H,2-3,9-10,13H2,1H3. The lowest BCUT2D eigenvalue weighted by molar-refractivity contribution is -0.117. The zero-order chi connectivity index (χ0) is 11.1. The van der Waals surface area contributed by atoms with Gasteiger partial charge in [0.15, 0.2) is 0 Å². The minimum Gasteiger partial charge on any atom is -0.322 e. The van der Waals surface area contributed by atoms with Crippen LogP contribution in [0.15, 0.2) is 30.3 Å². The number of carbonyl (C=O) groups is 1. The van der Waals surface area contributed by atoms with Crippen molar-refractivity contribution in [1.82, 2.24) is 0 Å². The van der Waals surface area contributed by atoms with Crippen LogP contribution in [0.25, 0.3) is 0 Å². The van der Waals surface area contributed by atoms with E-state index in [4.69, 9.17) is 5.73 Å². The molecule has 1 aromatic rings. The third-order valence-electron chi connectivity index (χ3n) is 2.28. The molecule has 0 spiro atoms. The lowest BCUT2D eigenvalue weighted by Crippen LogP contribution is -2.36. The van der Waals surface area contributed by atoms with E-state index in [1.54, 1.807) is 4.90 Å². The second kappa shape index (κ2) is 6.19. The molecule has 0 unspecified atom stereocenters. The minimum atomic E-state index is -0.0188. The molecule has 15 heavy (non-hydrogen) atoms. The smallest absolute Gasteiger partial charge is 0.240 e. The van der Waals surface area contributed by atoms with Gasteiger partial charge < -0.3 is 10.6 Å². The number of benzene rings is 1. The zero-order valence-corrected chi connectivity index (χ0v) is 9.15. The van der Waals surface area contributed by atoms with E-state index >= 15 is 0 Å². The summed E-state index contributed by atoms with van der Waals surface area (Å²) in [5.41, 5.74) is 6.32. The van der Waals surface area contributed by atoms with Crippen LogP contribution in [0.5, 0.6) is 0 Å². The molecule has 0 radical (unpaired) electrons. The van der Waals surface area contributed by atoms with Crippen molar-refractivity contribution in [2.75, 3.05) is 18.0 Å². The fraction of sp³-hybridized carbons (Fsp3) is 0.417. The van der Waals surface area contributed by atoms with E-state index < -0.39 is 0 Å². The number of carbonyl (C=O) groups excluding carboxylic acids is 1.